The molecule has 0 aliphatic rings. The lowest BCUT2D eigenvalue weighted by molar-refractivity contribution is -0.105. The minimum Gasteiger partial charge on any atom is -0.298 e. The second-order valence-corrected chi connectivity index (χ2v) is 3.22. The Hall–Kier alpha value is -1.22. The predicted molar refractivity (Wildman–Crippen MR) is 56.7 cm³/mol. The van der Waals surface area contributed by atoms with Gasteiger partial charge in [-0.05, 0) is 12.3 Å². The summed E-state index contributed by atoms with van der Waals surface area (Å²) in [7, 11) is 0. The normalized spacial score (nSPS) is 13.9. The van der Waals surface area contributed by atoms with Crippen LogP contribution < -0.4 is 0 Å². The second-order valence-electron chi connectivity index (χ2n) is 2.84. The molecule has 0 saturated carbocycles. The van der Waals surface area contributed by atoms with Crippen LogP contribution >= 0.6 is 11.6 Å². The van der Waals surface area contributed by atoms with Crippen molar-refractivity contribution in [1.29, 1.82) is 5.41 Å². The number of carbonyl (C=O) groups is 2. The Morgan fingerprint density at radius 1 is 1.50 bits per heavy atom. The van der Waals surface area contributed by atoms with E-state index in [9.17, 15) is 9.59 Å². The zero-order valence-corrected chi connectivity index (χ0v) is 8.67. The van der Waals surface area contributed by atoms with Crippen LogP contribution in [0.3, 0.4) is 0 Å². The van der Waals surface area contributed by atoms with Gasteiger partial charge in [-0.1, -0.05) is 24.6 Å². The molecule has 0 amide bonds. The molecule has 1 unspecified atom stereocenters. The topological polar surface area (TPSA) is 58.0 Å². The third-order valence-electron chi connectivity index (χ3n) is 1.79. The van der Waals surface area contributed by atoms with Gasteiger partial charge in [-0.2, -0.15) is 0 Å². The van der Waals surface area contributed by atoms with E-state index in [0.717, 1.165) is 0 Å². The molecule has 0 aliphatic carbocycles. The molecule has 76 valence electrons. The van der Waals surface area contributed by atoms with Gasteiger partial charge in [-0.25, -0.2) is 0 Å². The molecule has 0 saturated heterocycles. The molecule has 0 fully saturated rings. The number of nitrogens with one attached hydrogen (secondary N) is 1. The Balaban J connectivity index is 5.00. The highest BCUT2D eigenvalue weighted by atomic mass is 35.5. The van der Waals surface area contributed by atoms with Crippen LogP contribution in [-0.2, 0) is 9.59 Å². The van der Waals surface area contributed by atoms with Gasteiger partial charge in [0.1, 0.15) is 12.0 Å². The van der Waals surface area contributed by atoms with E-state index in [1.807, 2.05) is 0 Å². The van der Waals surface area contributed by atoms with Gasteiger partial charge >= 0.3 is 0 Å². The Labute approximate surface area is 88.0 Å². The average molecular weight is 214 g/mol. The zero-order valence-electron chi connectivity index (χ0n) is 7.92. The highest BCUT2D eigenvalue weighted by Crippen LogP contribution is 2.20. The van der Waals surface area contributed by atoms with Gasteiger partial charge in [0.2, 0.25) is 0 Å². The van der Waals surface area contributed by atoms with Crippen molar-refractivity contribution in [3.8, 4) is 0 Å². The highest BCUT2D eigenvalue weighted by Gasteiger charge is 2.14. The molecule has 0 aromatic carbocycles. The monoisotopic (exact) mass is 213 g/mol. The number of rotatable bonds is 6. The van der Waals surface area contributed by atoms with Crippen LogP contribution in [0, 0.1) is 11.3 Å². The molecule has 4 heteroatoms. The van der Waals surface area contributed by atoms with Crippen molar-refractivity contribution < 1.29 is 9.59 Å². The lowest BCUT2D eigenvalue weighted by Gasteiger charge is -2.09. The minimum atomic E-state index is -0.371. The van der Waals surface area contributed by atoms with Crippen LogP contribution in [0.1, 0.15) is 13.3 Å². The van der Waals surface area contributed by atoms with Crippen molar-refractivity contribution in [2.24, 2.45) is 5.92 Å². The van der Waals surface area contributed by atoms with E-state index in [4.69, 9.17) is 17.0 Å². The number of aldehydes is 2. The van der Waals surface area contributed by atoms with E-state index < -0.39 is 0 Å². The van der Waals surface area contributed by atoms with Crippen molar-refractivity contribution in [1.82, 2.24) is 0 Å². The van der Waals surface area contributed by atoms with Gasteiger partial charge in [-0.3, -0.25) is 15.0 Å². The lowest BCUT2D eigenvalue weighted by atomic mass is 9.97. The fourth-order valence-corrected chi connectivity index (χ4v) is 1.24. The van der Waals surface area contributed by atoms with Crippen molar-refractivity contribution in [2.75, 3.05) is 0 Å². The summed E-state index contributed by atoms with van der Waals surface area (Å²) in [6.45, 7) is 5.32. The largest absolute Gasteiger partial charge is 0.298 e. The van der Waals surface area contributed by atoms with Crippen LogP contribution in [-0.4, -0.2) is 18.3 Å². The van der Waals surface area contributed by atoms with Crippen LogP contribution in [0.2, 0.25) is 0 Å². The number of hydrogen-bond acceptors (Lipinski definition) is 3. The van der Waals surface area contributed by atoms with E-state index in [1.165, 1.54) is 0 Å². The SMILES string of the molecule is C=CCC(C)/C(C=O)=C(\Cl)C(=N)C=O. The molecule has 14 heavy (non-hydrogen) atoms. The quantitative estimate of drug-likeness (QED) is 0.318. The molecule has 1 N–H and O–H groups in total. The van der Waals surface area contributed by atoms with Gasteiger partial charge in [-0.15, -0.1) is 6.58 Å². The Morgan fingerprint density at radius 3 is 2.43 bits per heavy atom. The molecular weight excluding hydrogens is 202 g/mol. The van der Waals surface area contributed by atoms with Gasteiger partial charge in [0.25, 0.3) is 0 Å². The zero-order chi connectivity index (χ0) is 11.1. The maximum Gasteiger partial charge on any atom is 0.169 e. The van der Waals surface area contributed by atoms with Crippen LogP contribution in [0.4, 0.5) is 0 Å². The molecular formula is C10H12ClNO2. The van der Waals surface area contributed by atoms with Crippen molar-refractivity contribution >= 4 is 29.9 Å². The molecule has 0 bridgehead atoms. The Bertz CT molecular complexity index is 294. The molecule has 0 radical (unpaired) electrons. The average Bonchev–Trinajstić information content (AvgIpc) is 2.18. The summed E-state index contributed by atoms with van der Waals surface area (Å²) in [4.78, 5) is 21.0. The third kappa shape index (κ3) is 3.26. The summed E-state index contributed by atoms with van der Waals surface area (Å²) >= 11 is 5.69. The molecule has 0 spiro atoms. The smallest absolute Gasteiger partial charge is 0.169 e. The molecule has 3 nitrogen and oxygen atoms in total. The maximum absolute atomic E-state index is 10.7. The van der Waals surface area contributed by atoms with E-state index >= 15 is 0 Å². The summed E-state index contributed by atoms with van der Waals surface area (Å²) in [5, 5.41) is 7.08. The standard InChI is InChI=1S/C10H12ClNO2/c1-3-4-7(2)8(5-13)10(11)9(12)6-14/h3,5-7,12H,1,4H2,2H3/b10-8-,12-9?. The summed E-state index contributed by atoms with van der Waals surface area (Å²) in [5.41, 5.74) is -0.103. The van der Waals surface area contributed by atoms with Gasteiger partial charge in [0.05, 0.1) is 5.03 Å². The van der Waals surface area contributed by atoms with Gasteiger partial charge in [0, 0.05) is 5.57 Å². The fourth-order valence-electron chi connectivity index (χ4n) is 0.968. The first-order valence-electron chi connectivity index (χ1n) is 4.08. The van der Waals surface area contributed by atoms with Crippen molar-refractivity contribution in [3.63, 3.8) is 0 Å². The van der Waals surface area contributed by atoms with E-state index in [-0.39, 0.29) is 22.2 Å². The summed E-state index contributed by atoms with van der Waals surface area (Å²) < 4.78 is 0. The van der Waals surface area contributed by atoms with Crippen LogP contribution in [0.25, 0.3) is 0 Å². The molecule has 0 aliphatic heterocycles. The first-order valence-corrected chi connectivity index (χ1v) is 4.46. The molecule has 0 aromatic heterocycles. The number of halogens is 1. The van der Waals surface area contributed by atoms with Crippen molar-refractivity contribution in [3.05, 3.63) is 23.3 Å². The number of carbonyl (C=O) groups excluding carboxylic acids is 2. The first kappa shape index (κ1) is 12.8. The number of hydrogen-bond donors (Lipinski definition) is 1. The summed E-state index contributed by atoms with van der Waals surface area (Å²) in [6.07, 6.45) is 3.13. The second kappa shape index (κ2) is 6.27. The van der Waals surface area contributed by atoms with E-state index in [2.05, 4.69) is 6.58 Å². The highest BCUT2D eigenvalue weighted by molar-refractivity contribution is 6.55. The van der Waals surface area contributed by atoms with Crippen molar-refractivity contribution in [2.45, 2.75) is 13.3 Å². The third-order valence-corrected chi connectivity index (χ3v) is 2.21. The Kier molecular flexibility index (Phi) is 5.72. The fraction of sp³-hybridized carbons (Fsp3) is 0.300. The summed E-state index contributed by atoms with van der Waals surface area (Å²) in [5.74, 6) is -0.127. The summed E-state index contributed by atoms with van der Waals surface area (Å²) in [6, 6.07) is 0. The lowest BCUT2D eigenvalue weighted by Crippen LogP contribution is -2.08. The molecule has 1 atom stereocenters. The Morgan fingerprint density at radius 2 is 2.07 bits per heavy atom. The van der Waals surface area contributed by atoms with Gasteiger partial charge < -0.3 is 0 Å². The van der Waals surface area contributed by atoms with Crippen LogP contribution in [0.15, 0.2) is 23.3 Å². The van der Waals surface area contributed by atoms with Crippen LogP contribution in [0.5, 0.6) is 0 Å². The van der Waals surface area contributed by atoms with E-state index in [0.29, 0.717) is 19.0 Å². The molecule has 0 rings (SSSR count). The minimum absolute atomic E-state index is 0.0793. The predicted octanol–water partition coefficient (Wildman–Crippen LogP) is 2.11. The number of allylic oxidation sites excluding steroid dienone is 3. The molecule has 0 heterocycles. The first-order chi connectivity index (χ1) is 6.58. The van der Waals surface area contributed by atoms with Gasteiger partial charge in [0.15, 0.2) is 6.29 Å². The maximum atomic E-state index is 10.7. The molecule has 0 aromatic rings. The van der Waals surface area contributed by atoms with E-state index in [1.54, 1.807) is 13.0 Å².